The molecule has 1 aliphatic heterocycles. The highest BCUT2D eigenvalue weighted by molar-refractivity contribution is 5.93. The quantitative estimate of drug-likeness (QED) is 0.511. The molecule has 1 atom stereocenters. The number of guanidine groups is 1. The highest BCUT2D eigenvalue weighted by Crippen LogP contribution is 2.34. The van der Waals surface area contributed by atoms with Gasteiger partial charge in [-0.15, -0.1) is 0 Å². The molecule has 0 radical (unpaired) electrons. The fourth-order valence-electron chi connectivity index (χ4n) is 2.44. The lowest BCUT2D eigenvalue weighted by Crippen LogP contribution is -2.41. The Morgan fingerprint density at radius 2 is 2.25 bits per heavy atom. The lowest BCUT2D eigenvalue weighted by Gasteiger charge is -2.24. The monoisotopic (exact) mass is 332 g/mol. The van der Waals surface area contributed by atoms with Gasteiger partial charge in [0.15, 0.2) is 23.3 Å². The first-order chi connectivity index (χ1) is 11.7. The zero-order valence-corrected chi connectivity index (χ0v) is 13.4. The van der Waals surface area contributed by atoms with E-state index in [2.05, 4.69) is 20.3 Å². The molecule has 1 unspecified atom stereocenters. The minimum absolute atomic E-state index is 0.00162. The second kappa shape index (κ2) is 7.28. The molecule has 9 heteroatoms. The van der Waals surface area contributed by atoms with Crippen LogP contribution in [0.2, 0.25) is 0 Å². The Kier molecular flexibility index (Phi) is 4.92. The smallest absolute Gasteiger partial charge is 0.192 e. The molecular formula is C15H20N6O3. The SMILES string of the molecule is COc1cc2c(N=C(N)N)ncnc2cc1OCC1CNCCO1. The van der Waals surface area contributed by atoms with Crippen molar-refractivity contribution in [3.8, 4) is 11.5 Å². The van der Waals surface area contributed by atoms with Crippen molar-refractivity contribution in [2.45, 2.75) is 6.10 Å². The zero-order valence-electron chi connectivity index (χ0n) is 13.4. The number of ether oxygens (including phenoxy) is 3. The second-order valence-corrected chi connectivity index (χ2v) is 5.26. The average molecular weight is 332 g/mol. The van der Waals surface area contributed by atoms with Gasteiger partial charge in [-0.3, -0.25) is 0 Å². The molecule has 5 N–H and O–H groups in total. The van der Waals surface area contributed by atoms with E-state index >= 15 is 0 Å². The van der Waals surface area contributed by atoms with E-state index in [1.54, 1.807) is 19.2 Å². The third-order valence-electron chi connectivity index (χ3n) is 3.56. The molecule has 1 aromatic carbocycles. The van der Waals surface area contributed by atoms with E-state index in [-0.39, 0.29) is 12.1 Å². The van der Waals surface area contributed by atoms with Crippen LogP contribution in [0.15, 0.2) is 23.5 Å². The maximum Gasteiger partial charge on any atom is 0.192 e. The first kappa shape index (κ1) is 16.2. The first-order valence-electron chi connectivity index (χ1n) is 7.55. The molecule has 128 valence electrons. The molecule has 1 saturated heterocycles. The van der Waals surface area contributed by atoms with Crippen LogP contribution in [0.25, 0.3) is 10.9 Å². The summed E-state index contributed by atoms with van der Waals surface area (Å²) in [4.78, 5) is 12.3. The minimum atomic E-state index is -0.0729. The summed E-state index contributed by atoms with van der Waals surface area (Å²) in [5.74, 6) is 1.43. The number of fused-ring (bicyclic) bond motifs is 1. The van der Waals surface area contributed by atoms with Crippen molar-refractivity contribution < 1.29 is 14.2 Å². The van der Waals surface area contributed by atoms with Crippen LogP contribution >= 0.6 is 0 Å². The predicted molar refractivity (Wildman–Crippen MR) is 89.7 cm³/mol. The van der Waals surface area contributed by atoms with Crippen LogP contribution < -0.4 is 26.3 Å². The van der Waals surface area contributed by atoms with Gasteiger partial charge in [-0.25, -0.2) is 9.97 Å². The van der Waals surface area contributed by atoms with E-state index in [9.17, 15) is 0 Å². The van der Waals surface area contributed by atoms with E-state index in [0.29, 0.717) is 41.4 Å². The molecule has 3 rings (SSSR count). The molecule has 2 heterocycles. The number of benzene rings is 1. The molecule has 24 heavy (non-hydrogen) atoms. The van der Waals surface area contributed by atoms with Gasteiger partial charge < -0.3 is 31.0 Å². The Bertz CT molecular complexity index is 741. The number of hydrogen-bond donors (Lipinski definition) is 3. The highest BCUT2D eigenvalue weighted by atomic mass is 16.5. The highest BCUT2D eigenvalue weighted by Gasteiger charge is 2.16. The summed E-state index contributed by atoms with van der Waals surface area (Å²) in [7, 11) is 1.57. The molecule has 1 fully saturated rings. The fourth-order valence-corrected chi connectivity index (χ4v) is 2.44. The van der Waals surface area contributed by atoms with Crippen molar-refractivity contribution in [1.29, 1.82) is 0 Å². The number of nitrogens with one attached hydrogen (secondary N) is 1. The van der Waals surface area contributed by atoms with Crippen LogP contribution in [0.1, 0.15) is 0 Å². The second-order valence-electron chi connectivity index (χ2n) is 5.26. The van der Waals surface area contributed by atoms with E-state index < -0.39 is 0 Å². The van der Waals surface area contributed by atoms with E-state index in [4.69, 9.17) is 25.7 Å². The molecule has 0 spiro atoms. The molecule has 9 nitrogen and oxygen atoms in total. The first-order valence-corrected chi connectivity index (χ1v) is 7.55. The number of aliphatic imine (C=N–C) groups is 1. The topological polar surface area (TPSA) is 130 Å². The van der Waals surface area contributed by atoms with Crippen molar-refractivity contribution in [2.24, 2.45) is 16.5 Å². The van der Waals surface area contributed by atoms with Gasteiger partial charge in [0.1, 0.15) is 19.0 Å². The molecular weight excluding hydrogens is 312 g/mol. The van der Waals surface area contributed by atoms with Gasteiger partial charge in [0, 0.05) is 24.5 Å². The summed E-state index contributed by atoms with van der Waals surface area (Å²) in [6.07, 6.45) is 1.40. The van der Waals surface area contributed by atoms with Crippen molar-refractivity contribution in [3.63, 3.8) is 0 Å². The summed E-state index contributed by atoms with van der Waals surface area (Å²) >= 11 is 0. The molecule has 1 aromatic heterocycles. The summed E-state index contributed by atoms with van der Waals surface area (Å²) < 4.78 is 16.9. The van der Waals surface area contributed by atoms with Gasteiger partial charge in [-0.1, -0.05) is 0 Å². The van der Waals surface area contributed by atoms with Crippen LogP contribution in [0, 0.1) is 0 Å². The fraction of sp³-hybridized carbons (Fsp3) is 0.400. The van der Waals surface area contributed by atoms with Crippen molar-refractivity contribution in [2.75, 3.05) is 33.4 Å². The zero-order chi connectivity index (χ0) is 16.9. The van der Waals surface area contributed by atoms with Crippen molar-refractivity contribution in [1.82, 2.24) is 15.3 Å². The Hall–Kier alpha value is -2.65. The molecule has 0 aliphatic carbocycles. The Morgan fingerprint density at radius 3 is 2.96 bits per heavy atom. The van der Waals surface area contributed by atoms with Crippen molar-refractivity contribution >= 4 is 22.7 Å². The largest absolute Gasteiger partial charge is 0.493 e. The van der Waals surface area contributed by atoms with Gasteiger partial charge in [0.2, 0.25) is 0 Å². The van der Waals surface area contributed by atoms with Crippen LogP contribution in [0.3, 0.4) is 0 Å². The number of nitrogens with two attached hydrogens (primary N) is 2. The number of hydrogen-bond acceptors (Lipinski definition) is 7. The molecule has 1 aliphatic rings. The standard InChI is InChI=1S/C15H20N6O3/c1-22-12-4-10-11(19-8-20-14(10)21-15(16)17)5-13(12)24-7-9-6-18-2-3-23-9/h4-5,8-9,18H,2-3,6-7H2,1H3,(H4,16,17,19,20,21). The predicted octanol–water partition coefficient (Wildman–Crippen LogP) is -0.0895. The third-order valence-corrected chi connectivity index (χ3v) is 3.56. The van der Waals surface area contributed by atoms with Gasteiger partial charge >= 0.3 is 0 Å². The van der Waals surface area contributed by atoms with Gasteiger partial charge in [0.25, 0.3) is 0 Å². The van der Waals surface area contributed by atoms with E-state index in [1.807, 2.05) is 0 Å². The van der Waals surface area contributed by atoms with E-state index in [1.165, 1.54) is 6.33 Å². The summed E-state index contributed by atoms with van der Waals surface area (Å²) in [5, 5.41) is 3.93. The number of nitrogens with zero attached hydrogens (tertiary/aromatic N) is 3. The van der Waals surface area contributed by atoms with Gasteiger partial charge in [-0.05, 0) is 6.07 Å². The molecule has 2 aromatic rings. The molecule has 0 amide bonds. The number of rotatable bonds is 5. The number of methoxy groups -OCH3 is 1. The lowest BCUT2D eigenvalue weighted by atomic mass is 10.2. The maximum atomic E-state index is 5.86. The maximum absolute atomic E-state index is 5.86. The summed E-state index contributed by atoms with van der Waals surface area (Å²) in [5.41, 5.74) is 11.5. The Morgan fingerprint density at radius 1 is 1.38 bits per heavy atom. The van der Waals surface area contributed by atoms with Crippen LogP contribution in [0.4, 0.5) is 5.82 Å². The molecule has 0 bridgehead atoms. The third kappa shape index (κ3) is 3.63. The Labute approximate surface area is 139 Å². The van der Waals surface area contributed by atoms with Gasteiger partial charge in [0.05, 0.1) is 19.2 Å². The van der Waals surface area contributed by atoms with Crippen LogP contribution in [-0.4, -0.2) is 55.4 Å². The minimum Gasteiger partial charge on any atom is -0.493 e. The number of aromatic nitrogens is 2. The average Bonchev–Trinajstić information content (AvgIpc) is 2.60. The normalized spacial score (nSPS) is 17.5. The van der Waals surface area contributed by atoms with E-state index in [0.717, 1.165) is 13.1 Å². The van der Waals surface area contributed by atoms with Crippen molar-refractivity contribution in [3.05, 3.63) is 18.5 Å². The Balaban J connectivity index is 1.89. The van der Waals surface area contributed by atoms with Crippen LogP contribution in [-0.2, 0) is 4.74 Å². The molecule has 0 saturated carbocycles. The van der Waals surface area contributed by atoms with Gasteiger partial charge in [-0.2, -0.15) is 4.99 Å². The van der Waals surface area contributed by atoms with Crippen LogP contribution in [0.5, 0.6) is 11.5 Å². The lowest BCUT2D eigenvalue weighted by molar-refractivity contribution is -0.000235. The summed E-state index contributed by atoms with van der Waals surface area (Å²) in [6, 6.07) is 3.53. The number of morpholine rings is 1. The summed E-state index contributed by atoms with van der Waals surface area (Å²) in [6.45, 7) is 2.71.